The molecule has 3 heteroatoms. The highest BCUT2D eigenvalue weighted by Crippen LogP contribution is 2.19. The van der Waals surface area contributed by atoms with E-state index in [1.807, 2.05) is 14.1 Å². The molecule has 2 rings (SSSR count). The van der Waals surface area contributed by atoms with Crippen molar-refractivity contribution in [1.29, 1.82) is 0 Å². The summed E-state index contributed by atoms with van der Waals surface area (Å²) in [6.07, 6.45) is 4.39. The topological polar surface area (TPSA) is 23.6 Å². The number of carbonyl (C=O) groups is 1. The highest BCUT2D eigenvalue weighted by molar-refractivity contribution is 5.81. The van der Waals surface area contributed by atoms with E-state index in [0.717, 1.165) is 38.8 Å². The molecule has 1 atom stereocenters. The van der Waals surface area contributed by atoms with E-state index in [2.05, 4.69) is 35.2 Å². The van der Waals surface area contributed by atoms with Crippen molar-refractivity contribution >= 4 is 5.91 Å². The summed E-state index contributed by atoms with van der Waals surface area (Å²) >= 11 is 0. The molecule has 1 fully saturated rings. The predicted octanol–water partition coefficient (Wildman–Crippen LogP) is 2.17. The van der Waals surface area contributed by atoms with Crippen molar-refractivity contribution < 1.29 is 4.79 Å². The van der Waals surface area contributed by atoms with Crippen LogP contribution in [0, 0.1) is 0 Å². The number of nitrogens with zero attached hydrogens (tertiary/aromatic N) is 2. The van der Waals surface area contributed by atoms with E-state index in [4.69, 9.17) is 0 Å². The van der Waals surface area contributed by atoms with Crippen LogP contribution >= 0.6 is 0 Å². The number of hydrogen-bond acceptors (Lipinski definition) is 2. The lowest BCUT2D eigenvalue weighted by Crippen LogP contribution is -2.43. The molecule has 0 spiro atoms. The zero-order chi connectivity index (χ0) is 13.7. The summed E-state index contributed by atoms with van der Waals surface area (Å²) in [5, 5.41) is 0. The number of likely N-dealkylation sites (tertiary alicyclic amines) is 1. The van der Waals surface area contributed by atoms with Gasteiger partial charge in [0.25, 0.3) is 0 Å². The molecule has 1 saturated heterocycles. The van der Waals surface area contributed by atoms with Crippen LogP contribution in [0.15, 0.2) is 30.3 Å². The molecule has 1 aromatic carbocycles. The summed E-state index contributed by atoms with van der Waals surface area (Å²) in [4.78, 5) is 16.1. The quantitative estimate of drug-likeness (QED) is 0.810. The Balaban J connectivity index is 1.80. The fourth-order valence-electron chi connectivity index (χ4n) is 2.80. The van der Waals surface area contributed by atoms with Gasteiger partial charge in [-0.1, -0.05) is 30.3 Å². The summed E-state index contributed by atoms with van der Waals surface area (Å²) in [6.45, 7) is 2.10. The van der Waals surface area contributed by atoms with E-state index < -0.39 is 0 Å². The Kier molecular flexibility index (Phi) is 4.97. The molecule has 0 bridgehead atoms. The van der Waals surface area contributed by atoms with Crippen molar-refractivity contribution in [2.24, 2.45) is 0 Å². The van der Waals surface area contributed by atoms with Crippen LogP contribution < -0.4 is 0 Å². The van der Waals surface area contributed by atoms with Gasteiger partial charge in [0.05, 0.1) is 6.04 Å². The first-order chi connectivity index (χ1) is 9.18. The van der Waals surface area contributed by atoms with E-state index in [9.17, 15) is 4.79 Å². The van der Waals surface area contributed by atoms with E-state index in [1.54, 1.807) is 4.90 Å². The zero-order valence-corrected chi connectivity index (χ0v) is 12.0. The lowest BCUT2D eigenvalue weighted by Gasteiger charge is -2.26. The third-order valence-electron chi connectivity index (χ3n) is 3.84. The molecule has 1 amide bonds. The maximum atomic E-state index is 12.1. The third-order valence-corrected chi connectivity index (χ3v) is 3.84. The predicted molar refractivity (Wildman–Crippen MR) is 78.1 cm³/mol. The number of likely N-dealkylation sites (N-methyl/N-ethyl adjacent to an activating group) is 1. The highest BCUT2D eigenvalue weighted by atomic mass is 16.2. The Hall–Kier alpha value is -1.35. The van der Waals surface area contributed by atoms with Gasteiger partial charge in [0.15, 0.2) is 0 Å². The number of rotatable bonds is 5. The summed E-state index contributed by atoms with van der Waals surface area (Å²) in [6, 6.07) is 10.7. The molecule has 1 unspecified atom stereocenters. The van der Waals surface area contributed by atoms with E-state index in [-0.39, 0.29) is 11.9 Å². The first-order valence-electron chi connectivity index (χ1n) is 7.17. The molecular weight excluding hydrogens is 236 g/mol. The van der Waals surface area contributed by atoms with Gasteiger partial charge in [0.1, 0.15) is 0 Å². The molecule has 1 heterocycles. The number of benzene rings is 1. The molecule has 3 nitrogen and oxygen atoms in total. The summed E-state index contributed by atoms with van der Waals surface area (Å²) in [5.74, 6) is 0.261. The van der Waals surface area contributed by atoms with Crippen LogP contribution in [0.3, 0.4) is 0 Å². The highest BCUT2D eigenvalue weighted by Gasteiger charge is 2.30. The average molecular weight is 260 g/mol. The van der Waals surface area contributed by atoms with Gasteiger partial charge in [-0.25, -0.2) is 0 Å². The zero-order valence-electron chi connectivity index (χ0n) is 12.0. The minimum absolute atomic E-state index is 0.116. The fourth-order valence-corrected chi connectivity index (χ4v) is 2.80. The molecule has 19 heavy (non-hydrogen) atoms. The van der Waals surface area contributed by atoms with E-state index in [1.165, 1.54) is 5.56 Å². The van der Waals surface area contributed by atoms with Crippen molar-refractivity contribution in [2.45, 2.75) is 31.7 Å². The maximum Gasteiger partial charge on any atom is 0.239 e. The second-order valence-corrected chi connectivity index (χ2v) is 5.52. The molecule has 0 aromatic heterocycles. The smallest absolute Gasteiger partial charge is 0.239 e. The molecule has 1 aliphatic heterocycles. The molecule has 0 radical (unpaired) electrons. The van der Waals surface area contributed by atoms with Crippen molar-refractivity contribution in [3.63, 3.8) is 0 Å². The van der Waals surface area contributed by atoms with Gasteiger partial charge in [-0.3, -0.25) is 9.69 Å². The Morgan fingerprint density at radius 1 is 1.32 bits per heavy atom. The van der Waals surface area contributed by atoms with Crippen LogP contribution in [-0.2, 0) is 11.2 Å². The molecule has 1 aromatic rings. The SMILES string of the molecule is CN(C)C(=O)C1CCCN1CCCc1ccccc1. The Morgan fingerprint density at radius 2 is 2.05 bits per heavy atom. The van der Waals surface area contributed by atoms with Crippen LogP contribution in [-0.4, -0.2) is 48.9 Å². The summed E-state index contributed by atoms with van der Waals surface area (Å²) in [7, 11) is 3.70. The van der Waals surface area contributed by atoms with Crippen LogP contribution in [0.25, 0.3) is 0 Å². The molecule has 104 valence electrons. The number of amides is 1. The first-order valence-corrected chi connectivity index (χ1v) is 7.17. The molecule has 1 aliphatic rings. The lowest BCUT2D eigenvalue weighted by molar-refractivity contribution is -0.133. The van der Waals surface area contributed by atoms with Crippen molar-refractivity contribution in [1.82, 2.24) is 9.80 Å². The van der Waals surface area contributed by atoms with Gasteiger partial charge < -0.3 is 4.90 Å². The van der Waals surface area contributed by atoms with Gasteiger partial charge in [0.2, 0.25) is 5.91 Å². The average Bonchev–Trinajstić information content (AvgIpc) is 2.87. The van der Waals surface area contributed by atoms with Gasteiger partial charge in [-0.2, -0.15) is 0 Å². The molecular formula is C16H24N2O. The minimum Gasteiger partial charge on any atom is -0.347 e. The van der Waals surface area contributed by atoms with E-state index >= 15 is 0 Å². The summed E-state index contributed by atoms with van der Waals surface area (Å²) < 4.78 is 0. The van der Waals surface area contributed by atoms with Gasteiger partial charge >= 0.3 is 0 Å². The number of hydrogen-bond donors (Lipinski definition) is 0. The van der Waals surface area contributed by atoms with Crippen molar-refractivity contribution in [3.8, 4) is 0 Å². The second kappa shape index (κ2) is 6.71. The number of carbonyl (C=O) groups excluding carboxylic acids is 1. The minimum atomic E-state index is 0.116. The third kappa shape index (κ3) is 3.80. The standard InChI is InChI=1S/C16H24N2O/c1-17(2)16(19)15-11-7-13-18(15)12-6-10-14-8-4-3-5-9-14/h3-5,8-9,15H,6-7,10-13H2,1-2H3. The maximum absolute atomic E-state index is 12.1. The monoisotopic (exact) mass is 260 g/mol. The lowest BCUT2D eigenvalue weighted by atomic mass is 10.1. The van der Waals surface area contributed by atoms with Gasteiger partial charge in [0, 0.05) is 14.1 Å². The Labute approximate surface area is 116 Å². The molecule has 0 aliphatic carbocycles. The van der Waals surface area contributed by atoms with Crippen molar-refractivity contribution in [2.75, 3.05) is 27.2 Å². The van der Waals surface area contributed by atoms with Gasteiger partial charge in [-0.05, 0) is 44.3 Å². The fraction of sp³-hybridized carbons (Fsp3) is 0.562. The molecule has 0 N–H and O–H groups in total. The first kappa shape index (κ1) is 14.1. The molecule has 0 saturated carbocycles. The van der Waals surface area contributed by atoms with E-state index in [0.29, 0.717) is 0 Å². The Morgan fingerprint density at radius 3 is 2.74 bits per heavy atom. The second-order valence-electron chi connectivity index (χ2n) is 5.52. The number of aryl methyl sites for hydroxylation is 1. The van der Waals surface area contributed by atoms with Crippen LogP contribution in [0.5, 0.6) is 0 Å². The van der Waals surface area contributed by atoms with Crippen LogP contribution in [0.4, 0.5) is 0 Å². The van der Waals surface area contributed by atoms with Crippen LogP contribution in [0.2, 0.25) is 0 Å². The van der Waals surface area contributed by atoms with Gasteiger partial charge in [-0.15, -0.1) is 0 Å². The normalized spacial score (nSPS) is 19.6. The summed E-state index contributed by atoms with van der Waals surface area (Å²) in [5.41, 5.74) is 1.39. The largest absolute Gasteiger partial charge is 0.347 e. The van der Waals surface area contributed by atoms with Crippen LogP contribution in [0.1, 0.15) is 24.8 Å². The Bertz CT molecular complexity index is 402. The van der Waals surface area contributed by atoms with Crippen molar-refractivity contribution in [3.05, 3.63) is 35.9 Å².